The zero-order chi connectivity index (χ0) is 15.8. The van der Waals surface area contributed by atoms with Gasteiger partial charge in [0.05, 0.1) is 6.42 Å². The highest BCUT2D eigenvalue weighted by atomic mass is 32.1. The molecule has 0 unspecified atom stereocenters. The number of unbranched alkanes of at least 4 members (excludes halogenated alkanes) is 1. The van der Waals surface area contributed by atoms with Crippen LogP contribution in [0.15, 0.2) is 36.5 Å². The second kappa shape index (κ2) is 8.29. The van der Waals surface area contributed by atoms with Crippen molar-refractivity contribution in [2.75, 3.05) is 5.32 Å². The summed E-state index contributed by atoms with van der Waals surface area (Å²) in [7, 11) is 0. The molecule has 22 heavy (non-hydrogen) atoms. The lowest BCUT2D eigenvalue weighted by molar-refractivity contribution is -0.137. The molecular formula is C16H18N2O3S. The van der Waals surface area contributed by atoms with Crippen molar-refractivity contribution in [3.05, 3.63) is 47.0 Å². The monoisotopic (exact) mass is 318 g/mol. The van der Waals surface area contributed by atoms with Gasteiger partial charge in [0.15, 0.2) is 5.13 Å². The molecule has 0 aliphatic carbocycles. The Morgan fingerprint density at radius 3 is 2.68 bits per heavy atom. The quantitative estimate of drug-likeness (QED) is 0.733. The fraction of sp³-hybridized carbons (Fsp3) is 0.312. The van der Waals surface area contributed by atoms with Gasteiger partial charge in [-0.15, -0.1) is 11.3 Å². The zero-order valence-corrected chi connectivity index (χ0v) is 12.9. The Balaban J connectivity index is 1.76. The molecule has 6 heteroatoms. The first-order chi connectivity index (χ1) is 10.6. The summed E-state index contributed by atoms with van der Waals surface area (Å²) in [6, 6.07) is 9.55. The van der Waals surface area contributed by atoms with E-state index >= 15 is 0 Å². The van der Waals surface area contributed by atoms with Gasteiger partial charge in [0.1, 0.15) is 0 Å². The average Bonchev–Trinajstić information content (AvgIpc) is 2.92. The molecule has 1 heterocycles. The summed E-state index contributed by atoms with van der Waals surface area (Å²) in [5.41, 5.74) is 0.963. The fourth-order valence-corrected chi connectivity index (χ4v) is 2.87. The maximum atomic E-state index is 11.9. The minimum atomic E-state index is -0.766. The van der Waals surface area contributed by atoms with E-state index in [1.807, 2.05) is 30.3 Å². The molecule has 0 bridgehead atoms. The van der Waals surface area contributed by atoms with Crippen LogP contribution in [0.2, 0.25) is 0 Å². The summed E-state index contributed by atoms with van der Waals surface area (Å²) in [4.78, 5) is 27.6. The van der Waals surface area contributed by atoms with Gasteiger partial charge in [-0.25, -0.2) is 4.98 Å². The molecule has 2 rings (SSSR count). The SMILES string of the molecule is O=C(O)CCCCc1cnc(NC(=O)Cc2ccccc2)s1. The number of carbonyl (C=O) groups excluding carboxylic acids is 1. The van der Waals surface area contributed by atoms with E-state index in [-0.39, 0.29) is 12.3 Å². The van der Waals surface area contributed by atoms with Crippen LogP contribution in [0.25, 0.3) is 0 Å². The molecule has 2 N–H and O–H groups in total. The van der Waals surface area contributed by atoms with E-state index in [9.17, 15) is 9.59 Å². The largest absolute Gasteiger partial charge is 0.481 e. The maximum Gasteiger partial charge on any atom is 0.303 e. The van der Waals surface area contributed by atoms with Crippen LogP contribution in [0.3, 0.4) is 0 Å². The molecule has 2 aromatic rings. The fourth-order valence-electron chi connectivity index (χ4n) is 2.00. The molecule has 1 aromatic carbocycles. The van der Waals surface area contributed by atoms with Crippen molar-refractivity contribution in [3.63, 3.8) is 0 Å². The number of carboxylic acid groups (broad SMARTS) is 1. The number of hydrogen-bond donors (Lipinski definition) is 2. The summed E-state index contributed by atoms with van der Waals surface area (Å²) in [6.45, 7) is 0. The molecule has 1 aromatic heterocycles. The van der Waals surface area contributed by atoms with Gasteiger partial charge in [0.2, 0.25) is 5.91 Å². The number of aromatic nitrogens is 1. The highest BCUT2D eigenvalue weighted by Gasteiger charge is 2.08. The number of carbonyl (C=O) groups is 2. The van der Waals surface area contributed by atoms with Crippen LogP contribution in [0, 0.1) is 0 Å². The smallest absolute Gasteiger partial charge is 0.303 e. The first-order valence-corrected chi connectivity index (χ1v) is 7.95. The van der Waals surface area contributed by atoms with E-state index in [1.54, 1.807) is 6.20 Å². The van der Waals surface area contributed by atoms with Crippen molar-refractivity contribution in [2.24, 2.45) is 0 Å². The van der Waals surface area contributed by atoms with E-state index in [1.165, 1.54) is 11.3 Å². The Kier molecular flexibility index (Phi) is 6.09. The molecule has 0 atom stereocenters. The van der Waals surface area contributed by atoms with Crippen LogP contribution in [-0.2, 0) is 22.4 Å². The van der Waals surface area contributed by atoms with Crippen molar-refractivity contribution < 1.29 is 14.7 Å². The molecule has 0 fully saturated rings. The Labute approximate surface area is 133 Å². The third-order valence-corrected chi connectivity index (χ3v) is 4.04. The summed E-state index contributed by atoms with van der Waals surface area (Å²) in [6.07, 6.45) is 4.52. The minimum Gasteiger partial charge on any atom is -0.481 e. The molecule has 0 saturated heterocycles. The minimum absolute atomic E-state index is 0.0852. The number of benzene rings is 1. The second-order valence-corrected chi connectivity index (χ2v) is 6.06. The van der Waals surface area contributed by atoms with E-state index in [0.29, 0.717) is 18.0 Å². The highest BCUT2D eigenvalue weighted by Crippen LogP contribution is 2.20. The maximum absolute atomic E-state index is 11.9. The number of amides is 1. The van der Waals surface area contributed by atoms with Gasteiger partial charge in [0, 0.05) is 17.5 Å². The Hall–Kier alpha value is -2.21. The zero-order valence-electron chi connectivity index (χ0n) is 12.1. The average molecular weight is 318 g/mol. The lowest BCUT2D eigenvalue weighted by Crippen LogP contribution is -2.13. The van der Waals surface area contributed by atoms with Crippen molar-refractivity contribution in [1.29, 1.82) is 0 Å². The van der Waals surface area contributed by atoms with Crippen molar-refractivity contribution >= 4 is 28.3 Å². The molecule has 0 aliphatic rings. The van der Waals surface area contributed by atoms with Crippen molar-refractivity contribution in [3.8, 4) is 0 Å². The molecular weight excluding hydrogens is 300 g/mol. The number of thiazole rings is 1. The van der Waals surface area contributed by atoms with Crippen LogP contribution >= 0.6 is 11.3 Å². The highest BCUT2D eigenvalue weighted by molar-refractivity contribution is 7.15. The van der Waals surface area contributed by atoms with E-state index < -0.39 is 5.97 Å². The molecule has 0 radical (unpaired) electrons. The lowest BCUT2D eigenvalue weighted by Gasteiger charge is -2.01. The number of nitrogens with zero attached hydrogens (tertiary/aromatic N) is 1. The normalized spacial score (nSPS) is 10.4. The van der Waals surface area contributed by atoms with Crippen LogP contribution in [0.5, 0.6) is 0 Å². The van der Waals surface area contributed by atoms with Gasteiger partial charge in [-0.2, -0.15) is 0 Å². The van der Waals surface area contributed by atoms with Gasteiger partial charge in [0.25, 0.3) is 0 Å². The van der Waals surface area contributed by atoms with Crippen LogP contribution < -0.4 is 5.32 Å². The van der Waals surface area contributed by atoms with Crippen LogP contribution in [-0.4, -0.2) is 22.0 Å². The number of anilines is 1. The lowest BCUT2D eigenvalue weighted by atomic mass is 10.1. The Bertz CT molecular complexity index is 625. The van der Waals surface area contributed by atoms with E-state index in [4.69, 9.17) is 5.11 Å². The number of aryl methyl sites for hydroxylation is 1. The van der Waals surface area contributed by atoms with Gasteiger partial charge >= 0.3 is 5.97 Å². The Morgan fingerprint density at radius 2 is 1.95 bits per heavy atom. The van der Waals surface area contributed by atoms with Crippen LogP contribution in [0.4, 0.5) is 5.13 Å². The molecule has 0 aliphatic heterocycles. The third-order valence-electron chi connectivity index (χ3n) is 3.07. The van der Waals surface area contributed by atoms with E-state index in [2.05, 4.69) is 10.3 Å². The summed E-state index contributed by atoms with van der Waals surface area (Å²) in [5, 5.41) is 12.0. The number of aliphatic carboxylic acids is 1. The first-order valence-electron chi connectivity index (χ1n) is 7.14. The topological polar surface area (TPSA) is 79.3 Å². The van der Waals surface area contributed by atoms with Gasteiger partial charge in [-0.1, -0.05) is 30.3 Å². The summed E-state index contributed by atoms with van der Waals surface area (Å²) >= 11 is 1.44. The summed E-state index contributed by atoms with van der Waals surface area (Å²) < 4.78 is 0. The number of rotatable bonds is 8. The van der Waals surface area contributed by atoms with E-state index in [0.717, 1.165) is 23.3 Å². The molecule has 5 nitrogen and oxygen atoms in total. The number of carboxylic acids is 1. The van der Waals surface area contributed by atoms with Crippen molar-refractivity contribution in [2.45, 2.75) is 32.1 Å². The third kappa shape index (κ3) is 5.65. The predicted octanol–water partition coefficient (Wildman–Crippen LogP) is 3.12. The number of nitrogens with one attached hydrogen (secondary N) is 1. The molecule has 116 valence electrons. The Morgan fingerprint density at radius 1 is 1.18 bits per heavy atom. The molecule has 1 amide bonds. The van der Waals surface area contributed by atoms with Crippen LogP contribution in [0.1, 0.15) is 29.7 Å². The van der Waals surface area contributed by atoms with Crippen molar-refractivity contribution in [1.82, 2.24) is 4.98 Å². The van der Waals surface area contributed by atoms with Gasteiger partial charge < -0.3 is 10.4 Å². The van der Waals surface area contributed by atoms with Gasteiger partial charge in [-0.05, 0) is 24.8 Å². The first kappa shape index (κ1) is 16.2. The second-order valence-electron chi connectivity index (χ2n) is 4.94. The standard InChI is InChI=1S/C16H18N2O3S/c19-14(10-12-6-2-1-3-7-12)18-16-17-11-13(22-16)8-4-5-9-15(20)21/h1-3,6-7,11H,4-5,8-10H2,(H,20,21)(H,17,18,19). The van der Waals surface area contributed by atoms with Gasteiger partial charge in [-0.3, -0.25) is 9.59 Å². The number of hydrogen-bond acceptors (Lipinski definition) is 4. The molecule has 0 spiro atoms. The summed E-state index contributed by atoms with van der Waals surface area (Å²) in [5.74, 6) is -0.851. The molecule has 0 saturated carbocycles. The predicted molar refractivity (Wildman–Crippen MR) is 86.1 cm³/mol.